The highest BCUT2D eigenvalue weighted by atomic mass is 35.5. The summed E-state index contributed by atoms with van der Waals surface area (Å²) in [7, 11) is -0.755. The number of alkyl halides is 3. The third-order valence-electron chi connectivity index (χ3n) is 5.34. The second-order valence-corrected chi connectivity index (χ2v) is 10.6. The first-order valence-electron chi connectivity index (χ1n) is 10.7. The summed E-state index contributed by atoms with van der Waals surface area (Å²) >= 11 is 5.62. The Bertz CT molecular complexity index is 1580. The van der Waals surface area contributed by atoms with Gasteiger partial charge in [-0.1, -0.05) is 29.8 Å². The second kappa shape index (κ2) is 10.4. The van der Waals surface area contributed by atoms with Crippen molar-refractivity contribution < 1.29 is 26.4 Å². The summed E-state index contributed by atoms with van der Waals surface area (Å²) in [6.07, 6.45) is -4.69. The molecule has 0 saturated heterocycles. The maximum absolute atomic E-state index is 13.1. The molecule has 1 heterocycles. The fourth-order valence-corrected chi connectivity index (χ4v) is 4.59. The number of anilines is 2. The Hall–Kier alpha value is -4.01. The summed E-state index contributed by atoms with van der Waals surface area (Å²) in [6, 6.07) is 13.1. The lowest BCUT2D eigenvalue weighted by Crippen LogP contribution is -2.22. The number of carbonyl (C=O) groups excluding carboxylic acids is 1. The topological polar surface area (TPSA) is 133 Å². The first kappa shape index (κ1) is 27.0. The summed E-state index contributed by atoms with van der Waals surface area (Å²) in [5.41, 5.74) is 0.790. The number of hydrogen-bond donors (Lipinski definition) is 3. The highest BCUT2D eigenvalue weighted by Gasteiger charge is 2.33. The number of sulfonamides is 1. The van der Waals surface area contributed by atoms with Crippen molar-refractivity contribution in [1.82, 2.24) is 24.9 Å². The standard InChI is InChI=1S/C23H19ClF3N7O3S/c1-34(2)38(36,37)16-7-3-13(4-8-16)17-9-5-14(11-18(17)21-30-32-33-31-21)28-22(35)29-15-6-10-20(24)19(12-15)23(25,26)27/h3-12H,1-2H3,(H2,28,29,35)(H,30,31,32,33). The highest BCUT2D eigenvalue weighted by molar-refractivity contribution is 7.89. The molecule has 0 atom stereocenters. The molecule has 1 aromatic heterocycles. The van der Waals surface area contributed by atoms with E-state index in [-0.39, 0.29) is 22.1 Å². The zero-order chi connectivity index (χ0) is 27.7. The Morgan fingerprint density at radius 2 is 1.58 bits per heavy atom. The summed E-state index contributed by atoms with van der Waals surface area (Å²) < 4.78 is 65.2. The molecule has 198 valence electrons. The third-order valence-corrected chi connectivity index (χ3v) is 7.50. The van der Waals surface area contributed by atoms with Crippen molar-refractivity contribution in [3.05, 3.63) is 71.2 Å². The van der Waals surface area contributed by atoms with Gasteiger partial charge >= 0.3 is 12.2 Å². The van der Waals surface area contributed by atoms with Crippen molar-refractivity contribution in [2.24, 2.45) is 0 Å². The molecule has 0 aliphatic carbocycles. The summed E-state index contributed by atoms with van der Waals surface area (Å²) in [5, 5.41) is 18.3. The number of tetrazole rings is 1. The number of aromatic nitrogens is 4. The summed E-state index contributed by atoms with van der Waals surface area (Å²) in [6.45, 7) is 0. The van der Waals surface area contributed by atoms with E-state index in [2.05, 4.69) is 31.3 Å². The molecule has 4 rings (SSSR count). The monoisotopic (exact) mass is 565 g/mol. The Morgan fingerprint density at radius 1 is 0.947 bits per heavy atom. The van der Waals surface area contributed by atoms with Crippen LogP contribution in [-0.2, 0) is 16.2 Å². The van der Waals surface area contributed by atoms with Crippen LogP contribution in [0.4, 0.5) is 29.3 Å². The molecule has 0 bridgehead atoms. The molecule has 3 N–H and O–H groups in total. The number of halogens is 4. The predicted molar refractivity (Wildman–Crippen MR) is 135 cm³/mol. The zero-order valence-electron chi connectivity index (χ0n) is 19.7. The fourth-order valence-electron chi connectivity index (χ4n) is 3.47. The maximum Gasteiger partial charge on any atom is 0.417 e. The van der Waals surface area contributed by atoms with Gasteiger partial charge in [0, 0.05) is 31.0 Å². The zero-order valence-corrected chi connectivity index (χ0v) is 21.3. The van der Waals surface area contributed by atoms with E-state index < -0.39 is 32.8 Å². The van der Waals surface area contributed by atoms with Crippen molar-refractivity contribution in [2.75, 3.05) is 24.7 Å². The van der Waals surface area contributed by atoms with Gasteiger partial charge in [0.25, 0.3) is 0 Å². The Morgan fingerprint density at radius 3 is 2.16 bits per heavy atom. The van der Waals surface area contributed by atoms with Gasteiger partial charge in [-0.05, 0) is 58.8 Å². The number of aromatic amines is 1. The van der Waals surface area contributed by atoms with Crippen molar-refractivity contribution in [3.8, 4) is 22.5 Å². The van der Waals surface area contributed by atoms with Crippen LogP contribution in [0.25, 0.3) is 22.5 Å². The molecule has 10 nitrogen and oxygen atoms in total. The number of urea groups is 1. The molecular formula is C23H19ClF3N7O3S. The fraction of sp³-hybridized carbons (Fsp3) is 0.130. The molecule has 15 heteroatoms. The number of hydrogen-bond acceptors (Lipinski definition) is 6. The van der Waals surface area contributed by atoms with Crippen LogP contribution in [0.2, 0.25) is 5.02 Å². The number of benzene rings is 3. The van der Waals surface area contributed by atoms with Gasteiger partial charge in [-0.3, -0.25) is 0 Å². The van der Waals surface area contributed by atoms with Crippen LogP contribution >= 0.6 is 11.6 Å². The van der Waals surface area contributed by atoms with Gasteiger partial charge < -0.3 is 10.6 Å². The minimum Gasteiger partial charge on any atom is -0.308 e. The molecule has 2 amide bonds. The first-order chi connectivity index (χ1) is 17.9. The van der Waals surface area contributed by atoms with Gasteiger partial charge in [0.2, 0.25) is 15.8 Å². The van der Waals surface area contributed by atoms with E-state index >= 15 is 0 Å². The minimum atomic E-state index is -4.69. The van der Waals surface area contributed by atoms with E-state index in [0.717, 1.165) is 16.4 Å². The molecule has 0 aliphatic heterocycles. The smallest absolute Gasteiger partial charge is 0.308 e. The molecule has 38 heavy (non-hydrogen) atoms. The molecule has 3 aromatic carbocycles. The van der Waals surface area contributed by atoms with Crippen molar-refractivity contribution in [1.29, 1.82) is 0 Å². The van der Waals surface area contributed by atoms with Crippen LogP contribution in [0.5, 0.6) is 0 Å². The quantitative estimate of drug-likeness (QED) is 0.298. The van der Waals surface area contributed by atoms with E-state index in [1.54, 1.807) is 30.3 Å². The van der Waals surface area contributed by atoms with Crippen LogP contribution in [0, 0.1) is 0 Å². The lowest BCUT2D eigenvalue weighted by atomic mass is 9.98. The molecule has 0 radical (unpaired) electrons. The third kappa shape index (κ3) is 5.77. The molecule has 4 aromatic rings. The number of nitrogens with one attached hydrogen (secondary N) is 3. The number of H-pyrrole nitrogens is 1. The predicted octanol–water partition coefficient (Wildman–Crippen LogP) is 5.10. The number of carbonyl (C=O) groups is 1. The molecule has 0 unspecified atom stereocenters. The van der Waals surface area contributed by atoms with Gasteiger partial charge in [-0.2, -0.15) is 18.4 Å². The van der Waals surface area contributed by atoms with Crippen LogP contribution in [0.1, 0.15) is 5.56 Å². The van der Waals surface area contributed by atoms with E-state index in [0.29, 0.717) is 16.7 Å². The SMILES string of the molecule is CN(C)S(=O)(=O)c1ccc(-c2ccc(NC(=O)Nc3ccc(Cl)c(C(F)(F)F)c3)cc2-c2nn[nH]n2)cc1. The van der Waals surface area contributed by atoms with Crippen LogP contribution in [0.15, 0.2) is 65.6 Å². The largest absolute Gasteiger partial charge is 0.417 e. The Labute approximate surface area is 219 Å². The average molecular weight is 566 g/mol. The van der Waals surface area contributed by atoms with E-state index in [4.69, 9.17) is 11.6 Å². The second-order valence-electron chi connectivity index (χ2n) is 8.08. The van der Waals surface area contributed by atoms with E-state index in [9.17, 15) is 26.4 Å². The van der Waals surface area contributed by atoms with E-state index in [1.807, 2.05) is 0 Å². The lowest BCUT2D eigenvalue weighted by Gasteiger charge is -2.14. The van der Waals surface area contributed by atoms with Crippen molar-refractivity contribution in [2.45, 2.75) is 11.1 Å². The maximum atomic E-state index is 13.1. The number of amides is 2. The molecule has 0 aliphatic rings. The van der Waals surface area contributed by atoms with Crippen LogP contribution < -0.4 is 10.6 Å². The van der Waals surface area contributed by atoms with Crippen molar-refractivity contribution >= 4 is 39.0 Å². The molecule has 0 saturated carbocycles. The first-order valence-corrected chi connectivity index (χ1v) is 12.5. The van der Waals surface area contributed by atoms with Crippen molar-refractivity contribution in [3.63, 3.8) is 0 Å². The molecular weight excluding hydrogens is 547 g/mol. The number of rotatable bonds is 6. The van der Waals surface area contributed by atoms with Gasteiger partial charge in [0.05, 0.1) is 15.5 Å². The minimum absolute atomic E-state index is 0.109. The normalized spacial score (nSPS) is 12.0. The molecule has 0 spiro atoms. The van der Waals surface area contributed by atoms with Gasteiger partial charge in [-0.25, -0.2) is 17.5 Å². The average Bonchev–Trinajstić information content (AvgIpc) is 3.39. The number of nitrogens with zero attached hydrogens (tertiary/aromatic N) is 4. The van der Waals surface area contributed by atoms with Gasteiger partial charge in [0.1, 0.15) is 0 Å². The summed E-state index contributed by atoms with van der Waals surface area (Å²) in [5.74, 6) is 0.196. The lowest BCUT2D eigenvalue weighted by molar-refractivity contribution is -0.137. The summed E-state index contributed by atoms with van der Waals surface area (Å²) in [4.78, 5) is 12.6. The Kier molecular flexibility index (Phi) is 7.40. The van der Waals surface area contributed by atoms with Gasteiger partial charge in [-0.15, -0.1) is 10.2 Å². The van der Waals surface area contributed by atoms with Gasteiger partial charge in [0.15, 0.2) is 0 Å². The van der Waals surface area contributed by atoms with Crippen LogP contribution in [0.3, 0.4) is 0 Å². The molecule has 0 fully saturated rings. The Balaban J connectivity index is 1.61. The van der Waals surface area contributed by atoms with E-state index in [1.165, 1.54) is 32.3 Å². The highest BCUT2D eigenvalue weighted by Crippen LogP contribution is 2.36. The van der Waals surface area contributed by atoms with Crippen LogP contribution in [-0.4, -0.2) is 53.5 Å².